The number of aliphatic hydroxyl groups is 1. The van der Waals surface area contributed by atoms with Crippen LogP contribution in [0.5, 0.6) is 0 Å². The minimum Gasteiger partial charge on any atom is -0.387 e. The molecule has 82 heavy (non-hydrogen) atoms. The van der Waals surface area contributed by atoms with E-state index in [1.807, 2.05) is 27.2 Å². The van der Waals surface area contributed by atoms with Gasteiger partial charge in [0.2, 0.25) is 5.91 Å². The van der Waals surface area contributed by atoms with Crippen molar-refractivity contribution in [1.82, 2.24) is 5.32 Å². The Bertz CT molecular complexity index is 1750. The van der Waals surface area contributed by atoms with Crippen LogP contribution in [0.25, 0.3) is 0 Å². The molecule has 0 radical (unpaired) electrons. The number of amides is 1. The fraction of sp³-hybridized carbons (Fsp3) is 0.712. The zero-order chi connectivity index (χ0) is 59.8. The van der Waals surface area contributed by atoms with Gasteiger partial charge in [-0.2, -0.15) is 0 Å². The Hall–Kier alpha value is -3.10. The molecule has 0 aromatic carbocycles. The molecule has 9 heteroatoms. The maximum atomic E-state index is 13.0. The van der Waals surface area contributed by atoms with E-state index in [9.17, 15) is 19.4 Å². The summed E-state index contributed by atoms with van der Waals surface area (Å²) >= 11 is 0. The zero-order valence-electron chi connectivity index (χ0n) is 53.9. The average molecular weight is 1160 g/mol. The Balaban J connectivity index is 4.09. The van der Waals surface area contributed by atoms with Crippen molar-refractivity contribution in [2.45, 2.75) is 296 Å². The van der Waals surface area contributed by atoms with Crippen LogP contribution in [0, 0.1) is 0 Å². The molecule has 0 aromatic heterocycles. The lowest BCUT2D eigenvalue weighted by atomic mass is 10.0. The number of allylic oxidation sites excluding steroid dienone is 19. The highest BCUT2D eigenvalue weighted by atomic mass is 31.2. The van der Waals surface area contributed by atoms with Gasteiger partial charge < -0.3 is 19.8 Å². The molecule has 0 aliphatic heterocycles. The van der Waals surface area contributed by atoms with Crippen molar-refractivity contribution in [2.75, 3.05) is 40.9 Å². The minimum atomic E-state index is -4.37. The van der Waals surface area contributed by atoms with Gasteiger partial charge in [0.1, 0.15) is 13.2 Å². The van der Waals surface area contributed by atoms with Crippen LogP contribution in [0.15, 0.2) is 122 Å². The summed E-state index contributed by atoms with van der Waals surface area (Å²) in [6, 6.07) is -0.877. The van der Waals surface area contributed by atoms with Gasteiger partial charge in [0.25, 0.3) is 0 Å². The first-order valence-corrected chi connectivity index (χ1v) is 35.4. The fourth-order valence-corrected chi connectivity index (χ4v) is 10.1. The highest BCUT2D eigenvalue weighted by Gasteiger charge is 2.27. The molecule has 0 saturated carbocycles. The Morgan fingerprint density at radius 3 is 1.12 bits per heavy atom. The Labute approximate surface area is 507 Å². The van der Waals surface area contributed by atoms with E-state index in [2.05, 4.69) is 129 Å². The number of hydrogen-bond donors (Lipinski definition) is 3. The molecule has 3 N–H and O–H groups in total. The molecule has 8 nitrogen and oxygen atoms in total. The number of unbranched alkanes of at least 4 members (excludes halogenated alkanes) is 30. The van der Waals surface area contributed by atoms with Gasteiger partial charge in [0.05, 0.1) is 39.9 Å². The Kier molecular flexibility index (Phi) is 60.1. The molecular formula is C73H130N2O6P+. The van der Waals surface area contributed by atoms with Crippen LogP contribution < -0.4 is 5.32 Å². The summed E-state index contributed by atoms with van der Waals surface area (Å²) in [7, 11) is 1.54. The van der Waals surface area contributed by atoms with Gasteiger partial charge in [-0.05, 0) is 103 Å². The van der Waals surface area contributed by atoms with E-state index >= 15 is 0 Å². The predicted octanol–water partition coefficient (Wildman–Crippen LogP) is 21.7. The SMILES string of the molecule is CC/C=C\C/C=C\C/C=C\C/C=C\C/C=C\C/C=C\C/C=C\CCCCCCCCCCCCCCCCCCCC(=O)NC(COP(=O)(O)OCC[N+](C)(C)C)C(O)/C=C/CC/C=C/CC/C=C/CCCCCCCCCCCCC. The second-order valence-corrected chi connectivity index (χ2v) is 25.3. The van der Waals surface area contributed by atoms with Crippen LogP contribution in [-0.2, 0) is 18.4 Å². The highest BCUT2D eigenvalue weighted by Crippen LogP contribution is 2.43. The summed E-state index contributed by atoms with van der Waals surface area (Å²) in [5, 5.41) is 14.0. The van der Waals surface area contributed by atoms with Gasteiger partial charge in [-0.1, -0.05) is 296 Å². The number of likely N-dealkylation sites (N-methyl/N-ethyl adjacent to an activating group) is 1. The second-order valence-electron chi connectivity index (χ2n) is 23.8. The van der Waals surface area contributed by atoms with Gasteiger partial charge in [0.15, 0.2) is 0 Å². The third kappa shape index (κ3) is 64.5. The van der Waals surface area contributed by atoms with Gasteiger partial charge in [-0.25, -0.2) is 4.57 Å². The molecule has 0 aliphatic carbocycles. The van der Waals surface area contributed by atoms with E-state index in [1.54, 1.807) is 6.08 Å². The normalized spacial score (nSPS) is 14.5. The smallest absolute Gasteiger partial charge is 0.387 e. The van der Waals surface area contributed by atoms with Crippen molar-refractivity contribution in [3.8, 4) is 0 Å². The first-order valence-electron chi connectivity index (χ1n) is 33.9. The van der Waals surface area contributed by atoms with E-state index in [1.165, 1.54) is 173 Å². The molecule has 0 saturated heterocycles. The monoisotopic (exact) mass is 1160 g/mol. The van der Waals surface area contributed by atoms with E-state index in [4.69, 9.17) is 9.05 Å². The zero-order valence-corrected chi connectivity index (χ0v) is 54.8. The van der Waals surface area contributed by atoms with Crippen molar-refractivity contribution in [1.29, 1.82) is 0 Å². The lowest BCUT2D eigenvalue weighted by molar-refractivity contribution is -0.870. The number of rotatable bonds is 61. The van der Waals surface area contributed by atoms with E-state index in [0.717, 1.165) is 89.9 Å². The molecule has 3 unspecified atom stereocenters. The molecular weight excluding hydrogens is 1030 g/mol. The number of aliphatic hydroxyl groups excluding tert-OH is 1. The first-order chi connectivity index (χ1) is 40.0. The fourth-order valence-electron chi connectivity index (χ4n) is 9.41. The van der Waals surface area contributed by atoms with Crippen molar-refractivity contribution in [3.05, 3.63) is 122 Å². The van der Waals surface area contributed by atoms with Gasteiger partial charge in [-0.15, -0.1) is 0 Å². The predicted molar refractivity (Wildman–Crippen MR) is 359 cm³/mol. The molecule has 0 fully saturated rings. The maximum absolute atomic E-state index is 13.0. The van der Waals surface area contributed by atoms with Crippen molar-refractivity contribution < 1.29 is 32.9 Å². The summed E-state index contributed by atoms with van der Waals surface area (Å²) in [4.78, 5) is 23.4. The molecule has 3 atom stereocenters. The number of carbonyl (C=O) groups excluding carboxylic acids is 1. The molecule has 0 aliphatic rings. The van der Waals surface area contributed by atoms with Gasteiger partial charge in [0, 0.05) is 6.42 Å². The number of hydrogen-bond acceptors (Lipinski definition) is 5. The molecule has 472 valence electrons. The lowest BCUT2D eigenvalue weighted by Crippen LogP contribution is -2.45. The molecule has 1 amide bonds. The first kappa shape index (κ1) is 78.9. The number of nitrogens with one attached hydrogen (secondary N) is 1. The van der Waals surface area contributed by atoms with Crippen molar-refractivity contribution in [3.63, 3.8) is 0 Å². The lowest BCUT2D eigenvalue weighted by Gasteiger charge is -2.25. The Morgan fingerprint density at radius 2 is 0.744 bits per heavy atom. The second kappa shape index (κ2) is 62.4. The van der Waals surface area contributed by atoms with E-state index in [-0.39, 0.29) is 19.1 Å². The van der Waals surface area contributed by atoms with Crippen LogP contribution >= 0.6 is 7.82 Å². The third-order valence-corrected chi connectivity index (χ3v) is 15.6. The van der Waals surface area contributed by atoms with Crippen molar-refractivity contribution in [2.24, 2.45) is 0 Å². The Morgan fingerprint density at radius 1 is 0.427 bits per heavy atom. The number of nitrogens with zero attached hydrogens (tertiary/aromatic N) is 1. The third-order valence-electron chi connectivity index (χ3n) is 14.6. The molecule has 0 aromatic rings. The summed E-state index contributed by atoms with van der Waals surface area (Å²) in [6.45, 7) is 4.68. The molecule has 0 spiro atoms. The van der Waals surface area contributed by atoms with E-state index in [0.29, 0.717) is 17.4 Å². The van der Waals surface area contributed by atoms with Gasteiger partial charge >= 0.3 is 7.82 Å². The van der Waals surface area contributed by atoms with Crippen LogP contribution in [0.1, 0.15) is 284 Å². The highest BCUT2D eigenvalue weighted by molar-refractivity contribution is 7.47. The number of phosphoric ester groups is 1. The largest absolute Gasteiger partial charge is 0.472 e. The number of quaternary nitrogens is 1. The summed E-state index contributed by atoms with van der Waals surface area (Å²) < 4.78 is 23.8. The average Bonchev–Trinajstić information content (AvgIpc) is 3.46. The van der Waals surface area contributed by atoms with Crippen molar-refractivity contribution >= 4 is 13.7 Å². The maximum Gasteiger partial charge on any atom is 0.472 e. The summed E-state index contributed by atoms with van der Waals surface area (Å²) in [6.07, 6.45) is 93.4. The van der Waals surface area contributed by atoms with Crippen LogP contribution in [0.2, 0.25) is 0 Å². The number of carbonyl (C=O) groups is 1. The molecule has 0 rings (SSSR count). The topological polar surface area (TPSA) is 105 Å². The van der Waals surface area contributed by atoms with Crippen LogP contribution in [0.4, 0.5) is 0 Å². The quantitative estimate of drug-likeness (QED) is 0.0243. The summed E-state index contributed by atoms with van der Waals surface area (Å²) in [5.74, 6) is -0.192. The standard InChI is InChI=1S/C73H129N2O6P/c1-6-8-10-12-14-16-18-20-22-24-26-28-29-30-31-32-33-34-35-36-37-38-39-40-41-42-43-44-45-47-49-51-53-55-57-59-61-63-65-67-73(77)74-71(70-81-82(78,79)80-69-68-75(3,4)5)72(76)66-64-62-60-58-56-54-52-50-48-46-27-25-23-21-19-17-15-13-11-9-7-2/h8,10,14,16,20,22,26,28,30-31,33-34,36-37,48,50,56,58,64,66,71-72,76H,6-7,9,11-13,15,17-19,21,23-25,27,29,32,35,38-47,49,51-55,57,59-63,65,67-70H2,1-5H3,(H-,74,77,78,79)/p+1/b10-8-,16-14-,22-20-,28-26-,31-30-,34-33-,37-36-,50-48+,58-56+,66-64+. The minimum absolute atomic E-state index is 0.0500. The van der Waals surface area contributed by atoms with E-state index < -0.39 is 20.0 Å². The van der Waals surface area contributed by atoms with Crippen LogP contribution in [-0.4, -0.2) is 73.4 Å². The van der Waals surface area contributed by atoms with Crippen LogP contribution in [0.3, 0.4) is 0 Å². The number of phosphoric acid groups is 1. The summed E-state index contributed by atoms with van der Waals surface area (Å²) in [5.41, 5.74) is 0. The molecule has 0 bridgehead atoms. The molecule has 0 heterocycles. The van der Waals surface area contributed by atoms with Gasteiger partial charge in [-0.3, -0.25) is 13.8 Å².